The summed E-state index contributed by atoms with van der Waals surface area (Å²) in [6, 6.07) is 2.27. The van der Waals surface area contributed by atoms with Gasteiger partial charge in [0.2, 0.25) is 0 Å². The fraction of sp³-hybridized carbons (Fsp3) is 0.688. The van der Waals surface area contributed by atoms with Crippen LogP contribution < -0.4 is 10.6 Å². The summed E-state index contributed by atoms with van der Waals surface area (Å²) < 4.78 is 5.40. The second-order valence-corrected chi connectivity index (χ2v) is 7.01. The SMILES string of the molecule is CN=C(NCCN1CCc2sccc2C1)NCC1CCOC1.I. The number of ether oxygens (including phenoxy) is 1. The second kappa shape index (κ2) is 9.80. The Morgan fingerprint density at radius 2 is 2.39 bits per heavy atom. The van der Waals surface area contributed by atoms with Crippen molar-refractivity contribution in [2.75, 3.05) is 46.4 Å². The van der Waals surface area contributed by atoms with Crippen molar-refractivity contribution in [3.05, 3.63) is 21.9 Å². The quantitative estimate of drug-likeness (QED) is 0.409. The molecule has 2 N–H and O–H groups in total. The molecule has 130 valence electrons. The summed E-state index contributed by atoms with van der Waals surface area (Å²) in [5, 5.41) is 9.03. The molecule has 1 aromatic rings. The third-order valence-electron chi connectivity index (χ3n) is 4.41. The summed E-state index contributed by atoms with van der Waals surface area (Å²) in [7, 11) is 1.83. The van der Waals surface area contributed by atoms with Gasteiger partial charge in [0.25, 0.3) is 0 Å². The molecule has 0 spiro atoms. The fourth-order valence-corrected chi connectivity index (χ4v) is 3.93. The monoisotopic (exact) mass is 450 g/mol. The van der Waals surface area contributed by atoms with E-state index in [2.05, 4.69) is 32.0 Å². The zero-order valence-corrected chi connectivity index (χ0v) is 16.9. The third kappa shape index (κ3) is 5.58. The van der Waals surface area contributed by atoms with E-state index in [0.717, 1.165) is 51.8 Å². The molecule has 2 aliphatic rings. The number of guanidine groups is 1. The van der Waals surface area contributed by atoms with Crippen LogP contribution in [0, 0.1) is 5.92 Å². The maximum absolute atomic E-state index is 5.40. The Balaban J connectivity index is 0.00000192. The van der Waals surface area contributed by atoms with Gasteiger partial charge >= 0.3 is 0 Å². The first-order chi connectivity index (χ1) is 10.8. The molecule has 0 aliphatic carbocycles. The lowest BCUT2D eigenvalue weighted by atomic mass is 10.1. The normalized spacial score (nSPS) is 21.6. The average molecular weight is 450 g/mol. The predicted molar refractivity (Wildman–Crippen MR) is 107 cm³/mol. The zero-order chi connectivity index (χ0) is 15.2. The summed E-state index contributed by atoms with van der Waals surface area (Å²) in [5.41, 5.74) is 1.51. The Kier molecular flexibility index (Phi) is 8.08. The van der Waals surface area contributed by atoms with Crippen LogP contribution in [0.25, 0.3) is 0 Å². The van der Waals surface area contributed by atoms with Gasteiger partial charge in [0.15, 0.2) is 5.96 Å². The Labute approximate surface area is 159 Å². The molecule has 2 aliphatic heterocycles. The lowest BCUT2D eigenvalue weighted by Gasteiger charge is -2.27. The van der Waals surface area contributed by atoms with Crippen molar-refractivity contribution >= 4 is 41.3 Å². The molecule has 1 aromatic heterocycles. The number of nitrogens with one attached hydrogen (secondary N) is 2. The first kappa shape index (κ1) is 19.0. The van der Waals surface area contributed by atoms with E-state index in [1.165, 1.54) is 18.5 Å². The maximum Gasteiger partial charge on any atom is 0.191 e. The molecule has 0 saturated carbocycles. The van der Waals surface area contributed by atoms with Crippen molar-refractivity contribution in [2.24, 2.45) is 10.9 Å². The van der Waals surface area contributed by atoms with Crippen molar-refractivity contribution in [3.8, 4) is 0 Å². The van der Waals surface area contributed by atoms with Crippen LogP contribution in [0.1, 0.15) is 16.9 Å². The van der Waals surface area contributed by atoms with Crippen molar-refractivity contribution in [1.29, 1.82) is 0 Å². The van der Waals surface area contributed by atoms with E-state index < -0.39 is 0 Å². The Bertz CT molecular complexity index is 502. The van der Waals surface area contributed by atoms with E-state index in [-0.39, 0.29) is 24.0 Å². The van der Waals surface area contributed by atoms with E-state index >= 15 is 0 Å². The van der Waals surface area contributed by atoms with Gasteiger partial charge in [-0.05, 0) is 29.9 Å². The molecule has 1 saturated heterocycles. The van der Waals surface area contributed by atoms with Crippen molar-refractivity contribution in [1.82, 2.24) is 15.5 Å². The molecule has 1 unspecified atom stereocenters. The van der Waals surface area contributed by atoms with Crippen LogP contribution in [0.4, 0.5) is 0 Å². The molecular weight excluding hydrogens is 423 g/mol. The standard InChI is InChI=1S/C16H26N4OS.HI/c1-17-16(19-10-13-3-8-21-12-13)18-5-7-20-6-2-15-14(11-20)4-9-22-15;/h4,9,13H,2-3,5-8,10-12H2,1H3,(H2,17,18,19);1H. The van der Waals surface area contributed by atoms with E-state index in [1.54, 1.807) is 4.88 Å². The van der Waals surface area contributed by atoms with Gasteiger partial charge < -0.3 is 15.4 Å². The number of thiophene rings is 1. The zero-order valence-electron chi connectivity index (χ0n) is 13.7. The number of hydrogen-bond donors (Lipinski definition) is 2. The molecule has 0 bridgehead atoms. The van der Waals surface area contributed by atoms with Crippen molar-refractivity contribution < 1.29 is 4.74 Å². The van der Waals surface area contributed by atoms with E-state index in [0.29, 0.717) is 5.92 Å². The van der Waals surface area contributed by atoms with Crippen LogP contribution in [0.5, 0.6) is 0 Å². The van der Waals surface area contributed by atoms with Gasteiger partial charge in [-0.3, -0.25) is 9.89 Å². The number of halogens is 1. The van der Waals surface area contributed by atoms with Crippen LogP contribution in [-0.4, -0.2) is 57.3 Å². The van der Waals surface area contributed by atoms with Gasteiger partial charge in [0.1, 0.15) is 0 Å². The highest BCUT2D eigenvalue weighted by Gasteiger charge is 2.17. The molecule has 1 atom stereocenters. The molecule has 5 nitrogen and oxygen atoms in total. The van der Waals surface area contributed by atoms with Crippen LogP contribution >= 0.6 is 35.3 Å². The van der Waals surface area contributed by atoms with E-state index in [4.69, 9.17) is 4.74 Å². The first-order valence-corrected chi connectivity index (χ1v) is 9.03. The average Bonchev–Trinajstić information content (AvgIpc) is 3.21. The third-order valence-corrected chi connectivity index (χ3v) is 5.44. The van der Waals surface area contributed by atoms with Crippen LogP contribution in [0.2, 0.25) is 0 Å². The Morgan fingerprint density at radius 1 is 1.48 bits per heavy atom. The van der Waals surface area contributed by atoms with Crippen LogP contribution in [0.15, 0.2) is 16.4 Å². The van der Waals surface area contributed by atoms with Crippen LogP contribution in [-0.2, 0) is 17.7 Å². The van der Waals surface area contributed by atoms with Gasteiger partial charge in [0.05, 0.1) is 6.61 Å². The van der Waals surface area contributed by atoms with Crippen molar-refractivity contribution in [2.45, 2.75) is 19.4 Å². The highest BCUT2D eigenvalue weighted by Crippen LogP contribution is 2.23. The van der Waals surface area contributed by atoms with Gasteiger partial charge in [-0.1, -0.05) is 0 Å². The summed E-state index contributed by atoms with van der Waals surface area (Å²) >= 11 is 1.90. The predicted octanol–water partition coefficient (Wildman–Crippen LogP) is 1.93. The maximum atomic E-state index is 5.40. The number of rotatable bonds is 5. The number of nitrogens with zero attached hydrogens (tertiary/aromatic N) is 2. The minimum Gasteiger partial charge on any atom is -0.381 e. The Hall–Kier alpha value is -0.380. The highest BCUT2D eigenvalue weighted by molar-refractivity contribution is 14.0. The topological polar surface area (TPSA) is 48.9 Å². The summed E-state index contributed by atoms with van der Waals surface area (Å²) in [6.45, 7) is 6.97. The number of hydrogen-bond acceptors (Lipinski definition) is 4. The number of fused-ring (bicyclic) bond motifs is 1. The molecule has 0 amide bonds. The molecule has 1 fully saturated rings. The minimum atomic E-state index is 0. The summed E-state index contributed by atoms with van der Waals surface area (Å²) in [6.07, 6.45) is 2.35. The molecule has 7 heteroatoms. The molecule has 3 heterocycles. The van der Waals surface area contributed by atoms with E-state index in [9.17, 15) is 0 Å². The Morgan fingerprint density at radius 3 is 3.17 bits per heavy atom. The second-order valence-electron chi connectivity index (χ2n) is 6.00. The number of aliphatic imine (C=N–C) groups is 1. The van der Waals surface area contributed by atoms with Gasteiger partial charge in [-0.15, -0.1) is 35.3 Å². The van der Waals surface area contributed by atoms with Gasteiger partial charge in [-0.25, -0.2) is 0 Å². The molecular formula is C16H27IN4OS. The molecule has 23 heavy (non-hydrogen) atoms. The fourth-order valence-electron chi connectivity index (χ4n) is 3.04. The minimum absolute atomic E-state index is 0. The van der Waals surface area contributed by atoms with Crippen molar-refractivity contribution in [3.63, 3.8) is 0 Å². The van der Waals surface area contributed by atoms with Crippen LogP contribution in [0.3, 0.4) is 0 Å². The molecule has 3 rings (SSSR count). The lowest BCUT2D eigenvalue weighted by molar-refractivity contribution is 0.186. The summed E-state index contributed by atoms with van der Waals surface area (Å²) in [5.74, 6) is 1.53. The molecule has 0 radical (unpaired) electrons. The van der Waals surface area contributed by atoms with Gasteiger partial charge in [0, 0.05) is 57.2 Å². The molecule has 0 aromatic carbocycles. The van der Waals surface area contributed by atoms with Gasteiger partial charge in [-0.2, -0.15) is 0 Å². The smallest absolute Gasteiger partial charge is 0.191 e. The largest absolute Gasteiger partial charge is 0.381 e. The lowest BCUT2D eigenvalue weighted by Crippen LogP contribution is -2.43. The summed E-state index contributed by atoms with van der Waals surface area (Å²) in [4.78, 5) is 8.38. The first-order valence-electron chi connectivity index (χ1n) is 8.15. The highest BCUT2D eigenvalue weighted by atomic mass is 127. The van der Waals surface area contributed by atoms with E-state index in [1.807, 2.05) is 18.4 Å².